The highest BCUT2D eigenvalue weighted by Crippen LogP contribution is 2.78. The summed E-state index contributed by atoms with van der Waals surface area (Å²) in [6.07, 6.45) is 2.03. The Hall–Kier alpha value is -0.640. The van der Waals surface area contributed by atoms with Gasteiger partial charge in [0, 0.05) is 12.5 Å². The number of amides is 1. The van der Waals surface area contributed by atoms with E-state index in [4.69, 9.17) is 4.84 Å². The SMILES string of the molecule is CON(C)C(=O)C12CC(C(C)(C)F)(C1)C2. The molecule has 0 aromatic rings. The predicted octanol–water partition coefficient (Wildman–Crippen LogP) is 1.92. The molecule has 0 aromatic carbocycles. The quantitative estimate of drug-likeness (QED) is 0.673. The van der Waals surface area contributed by atoms with Crippen molar-refractivity contribution in [3.05, 3.63) is 0 Å². The highest BCUT2D eigenvalue weighted by atomic mass is 19.1. The molecule has 0 aromatic heterocycles. The van der Waals surface area contributed by atoms with E-state index in [1.54, 1.807) is 20.9 Å². The third kappa shape index (κ3) is 1.17. The van der Waals surface area contributed by atoms with Gasteiger partial charge in [-0.25, -0.2) is 9.45 Å². The van der Waals surface area contributed by atoms with E-state index in [0.29, 0.717) is 19.3 Å². The van der Waals surface area contributed by atoms with Gasteiger partial charge in [-0.1, -0.05) is 0 Å². The molecule has 0 unspecified atom stereocenters. The molecule has 86 valence electrons. The van der Waals surface area contributed by atoms with Gasteiger partial charge >= 0.3 is 0 Å². The average Bonchev–Trinajstić information content (AvgIpc) is 1.94. The Bertz CT molecular complexity index is 288. The Balaban J connectivity index is 2.01. The molecule has 2 bridgehead atoms. The molecular formula is C11H18FNO2. The van der Waals surface area contributed by atoms with Crippen molar-refractivity contribution < 1.29 is 14.0 Å². The van der Waals surface area contributed by atoms with Crippen LogP contribution >= 0.6 is 0 Å². The van der Waals surface area contributed by atoms with Gasteiger partial charge in [-0.05, 0) is 33.1 Å². The molecule has 1 amide bonds. The Morgan fingerprint density at radius 1 is 1.40 bits per heavy atom. The molecule has 0 saturated heterocycles. The van der Waals surface area contributed by atoms with Gasteiger partial charge in [0.25, 0.3) is 5.91 Å². The first-order chi connectivity index (χ1) is 6.76. The summed E-state index contributed by atoms with van der Waals surface area (Å²) in [5.41, 5.74) is -1.72. The zero-order valence-electron chi connectivity index (χ0n) is 9.76. The van der Waals surface area contributed by atoms with E-state index in [1.165, 1.54) is 12.2 Å². The van der Waals surface area contributed by atoms with E-state index in [-0.39, 0.29) is 16.7 Å². The van der Waals surface area contributed by atoms with Crippen LogP contribution in [-0.4, -0.2) is 30.8 Å². The van der Waals surface area contributed by atoms with Gasteiger partial charge in [0.1, 0.15) is 5.67 Å². The van der Waals surface area contributed by atoms with Crippen LogP contribution in [0.2, 0.25) is 0 Å². The highest BCUT2D eigenvalue weighted by Gasteiger charge is 2.76. The number of hydrogen-bond acceptors (Lipinski definition) is 2. The lowest BCUT2D eigenvalue weighted by molar-refractivity contribution is -0.274. The van der Waals surface area contributed by atoms with Crippen molar-refractivity contribution in [2.45, 2.75) is 38.8 Å². The van der Waals surface area contributed by atoms with E-state index in [0.717, 1.165) is 0 Å². The molecule has 3 fully saturated rings. The number of alkyl halides is 1. The number of carbonyl (C=O) groups is 1. The van der Waals surface area contributed by atoms with Gasteiger partial charge in [-0.3, -0.25) is 9.63 Å². The maximum Gasteiger partial charge on any atom is 0.252 e. The summed E-state index contributed by atoms with van der Waals surface area (Å²) in [4.78, 5) is 16.7. The second-order valence-corrected chi connectivity index (χ2v) is 5.55. The molecule has 15 heavy (non-hydrogen) atoms. The van der Waals surface area contributed by atoms with Crippen LogP contribution in [-0.2, 0) is 9.63 Å². The van der Waals surface area contributed by atoms with Crippen molar-refractivity contribution in [1.29, 1.82) is 0 Å². The van der Waals surface area contributed by atoms with Gasteiger partial charge in [-0.15, -0.1) is 0 Å². The summed E-state index contributed by atoms with van der Waals surface area (Å²) in [5.74, 6) is -0.00359. The first kappa shape index (κ1) is 10.9. The molecule has 0 N–H and O–H groups in total. The van der Waals surface area contributed by atoms with Gasteiger partial charge in [-0.2, -0.15) is 0 Å². The fourth-order valence-electron chi connectivity index (χ4n) is 3.06. The van der Waals surface area contributed by atoms with E-state index >= 15 is 0 Å². The van der Waals surface area contributed by atoms with Crippen LogP contribution in [0.25, 0.3) is 0 Å². The van der Waals surface area contributed by atoms with Crippen molar-refractivity contribution in [2.24, 2.45) is 10.8 Å². The number of hydrogen-bond donors (Lipinski definition) is 0. The lowest BCUT2D eigenvalue weighted by atomic mass is 9.31. The molecule has 3 nitrogen and oxygen atoms in total. The maximum atomic E-state index is 13.8. The molecule has 3 saturated carbocycles. The zero-order chi connectivity index (χ0) is 11.5. The lowest BCUT2D eigenvalue weighted by Crippen LogP contribution is -2.73. The molecule has 0 heterocycles. The second kappa shape index (κ2) is 2.73. The Labute approximate surface area is 89.5 Å². The Morgan fingerprint density at radius 2 is 1.87 bits per heavy atom. The fraction of sp³-hybridized carbons (Fsp3) is 0.909. The Morgan fingerprint density at radius 3 is 2.20 bits per heavy atom. The van der Waals surface area contributed by atoms with Crippen LogP contribution in [0, 0.1) is 10.8 Å². The summed E-state index contributed by atoms with van der Waals surface area (Å²) in [7, 11) is 3.08. The van der Waals surface area contributed by atoms with Gasteiger partial charge < -0.3 is 0 Å². The van der Waals surface area contributed by atoms with Crippen molar-refractivity contribution >= 4 is 5.91 Å². The lowest BCUT2D eigenvalue weighted by Gasteiger charge is -2.72. The molecule has 4 heteroatoms. The molecule has 0 radical (unpaired) electrons. The maximum absolute atomic E-state index is 13.8. The number of hydroxylamine groups is 2. The summed E-state index contributed by atoms with van der Waals surface area (Å²) < 4.78 is 13.8. The predicted molar refractivity (Wildman–Crippen MR) is 53.7 cm³/mol. The first-order valence-electron chi connectivity index (χ1n) is 5.28. The molecule has 3 aliphatic rings. The minimum absolute atomic E-state index is 0.00359. The number of carbonyl (C=O) groups excluding carboxylic acids is 1. The van der Waals surface area contributed by atoms with Crippen molar-refractivity contribution in [3.8, 4) is 0 Å². The summed E-state index contributed by atoms with van der Waals surface area (Å²) >= 11 is 0. The van der Waals surface area contributed by atoms with Crippen molar-refractivity contribution in [3.63, 3.8) is 0 Å². The van der Waals surface area contributed by atoms with Gasteiger partial charge in [0.2, 0.25) is 0 Å². The smallest absolute Gasteiger partial charge is 0.252 e. The van der Waals surface area contributed by atoms with E-state index < -0.39 is 5.67 Å². The highest BCUT2D eigenvalue weighted by molar-refractivity contribution is 5.85. The second-order valence-electron chi connectivity index (χ2n) is 5.55. The van der Waals surface area contributed by atoms with Crippen molar-refractivity contribution in [1.82, 2.24) is 5.06 Å². The summed E-state index contributed by atoms with van der Waals surface area (Å²) in [5, 5.41) is 1.26. The summed E-state index contributed by atoms with van der Waals surface area (Å²) in [6, 6.07) is 0. The number of halogens is 1. The van der Waals surface area contributed by atoms with Crippen LogP contribution in [0.1, 0.15) is 33.1 Å². The molecule has 0 aliphatic heterocycles. The third-order valence-electron chi connectivity index (χ3n) is 4.30. The zero-order valence-corrected chi connectivity index (χ0v) is 9.76. The average molecular weight is 215 g/mol. The molecule has 3 aliphatic carbocycles. The minimum atomic E-state index is -1.17. The van der Waals surface area contributed by atoms with Crippen LogP contribution in [0.3, 0.4) is 0 Å². The Kier molecular flexibility index (Phi) is 1.97. The normalized spacial score (nSPS) is 37.9. The molecular weight excluding hydrogens is 197 g/mol. The topological polar surface area (TPSA) is 29.5 Å². The molecule has 3 rings (SSSR count). The van der Waals surface area contributed by atoms with E-state index in [9.17, 15) is 9.18 Å². The fourth-order valence-corrected chi connectivity index (χ4v) is 3.06. The van der Waals surface area contributed by atoms with Crippen molar-refractivity contribution in [2.75, 3.05) is 14.2 Å². The minimum Gasteiger partial charge on any atom is -0.275 e. The molecule has 0 spiro atoms. The van der Waals surface area contributed by atoms with Crippen LogP contribution < -0.4 is 0 Å². The van der Waals surface area contributed by atoms with Crippen LogP contribution in [0.15, 0.2) is 0 Å². The molecule has 0 atom stereocenters. The number of nitrogens with zero attached hydrogens (tertiary/aromatic N) is 1. The van der Waals surface area contributed by atoms with E-state index in [2.05, 4.69) is 0 Å². The third-order valence-corrected chi connectivity index (χ3v) is 4.30. The van der Waals surface area contributed by atoms with Crippen LogP contribution in [0.4, 0.5) is 4.39 Å². The number of rotatable bonds is 3. The summed E-state index contributed by atoms with van der Waals surface area (Å²) in [6.45, 7) is 3.22. The monoisotopic (exact) mass is 215 g/mol. The van der Waals surface area contributed by atoms with E-state index in [1.807, 2.05) is 0 Å². The standard InChI is InChI=1S/C11H18FNO2/c1-9(2,12)11-5-10(6-11,7-11)8(14)13(3)15-4/h5-7H2,1-4H3. The first-order valence-corrected chi connectivity index (χ1v) is 5.28. The van der Waals surface area contributed by atoms with Crippen LogP contribution in [0.5, 0.6) is 0 Å². The largest absolute Gasteiger partial charge is 0.275 e. The van der Waals surface area contributed by atoms with Gasteiger partial charge in [0.05, 0.1) is 12.5 Å². The van der Waals surface area contributed by atoms with Gasteiger partial charge in [0.15, 0.2) is 0 Å².